The highest BCUT2D eigenvalue weighted by molar-refractivity contribution is 5.89. The molecule has 0 spiro atoms. The number of amides is 2. The summed E-state index contributed by atoms with van der Waals surface area (Å²) in [5, 5.41) is 21.7. The summed E-state index contributed by atoms with van der Waals surface area (Å²) < 4.78 is 53.5. The van der Waals surface area contributed by atoms with Crippen LogP contribution in [-0.2, 0) is 11.6 Å². The molecule has 10 heteroatoms. The number of carbonyl (C=O) groups is 1. The Morgan fingerprint density at radius 3 is 2.74 bits per heavy atom. The van der Waals surface area contributed by atoms with Gasteiger partial charge >= 0.3 is 12.2 Å². The monoisotopic (exact) mass is 544 g/mol. The van der Waals surface area contributed by atoms with Crippen LogP contribution in [0.15, 0.2) is 42.5 Å². The molecule has 1 aliphatic heterocycles. The summed E-state index contributed by atoms with van der Waals surface area (Å²) in [6.45, 7) is 2.51. The first kappa shape index (κ1) is 27.4. The van der Waals surface area contributed by atoms with Gasteiger partial charge in [-0.25, -0.2) is 9.18 Å². The van der Waals surface area contributed by atoms with Gasteiger partial charge in [0, 0.05) is 31.4 Å². The van der Waals surface area contributed by atoms with E-state index in [4.69, 9.17) is 0 Å². The summed E-state index contributed by atoms with van der Waals surface area (Å²) in [6.07, 6.45) is -0.493. The fourth-order valence-electron chi connectivity index (χ4n) is 6.49. The molecule has 6 nitrogen and oxygen atoms in total. The number of fused-ring (bicyclic) bond motifs is 1. The predicted molar refractivity (Wildman–Crippen MR) is 137 cm³/mol. The average Bonchev–Trinajstić information content (AvgIpc) is 3.51. The van der Waals surface area contributed by atoms with Gasteiger partial charge in [0.1, 0.15) is 5.82 Å². The molecule has 39 heavy (non-hydrogen) atoms. The standard InChI is InChI=1S/C29H32F4N4O2/c30-26-6-5-22(15-25(26)29(31,32)33)35-27(39)37(11-2-10-36-12-8-24(38)18-36)23-7-9-28(16-21(28)14-23)20-4-1-3-19(13-20)17-34/h1,3-6,13,15,21,23-24,38H,2,7-12,14,16,18H2,(H,35,39)/t21?,23-,24-,28-/m1/s1. The maximum atomic E-state index is 13.8. The van der Waals surface area contributed by atoms with Crippen molar-refractivity contribution in [2.45, 2.75) is 62.3 Å². The third-order valence-electron chi connectivity index (χ3n) is 8.62. The minimum absolute atomic E-state index is 0.00969. The summed E-state index contributed by atoms with van der Waals surface area (Å²) in [4.78, 5) is 17.3. The molecule has 2 aliphatic carbocycles. The quantitative estimate of drug-likeness (QED) is 0.450. The van der Waals surface area contributed by atoms with Crippen molar-refractivity contribution in [3.63, 3.8) is 0 Å². The van der Waals surface area contributed by atoms with E-state index in [1.54, 1.807) is 11.0 Å². The number of halogens is 4. The van der Waals surface area contributed by atoms with E-state index in [9.17, 15) is 32.7 Å². The Kier molecular flexibility index (Phi) is 7.57. The number of benzene rings is 2. The molecular weight excluding hydrogens is 512 g/mol. The van der Waals surface area contributed by atoms with Crippen LogP contribution < -0.4 is 5.32 Å². The van der Waals surface area contributed by atoms with Crippen molar-refractivity contribution in [2.75, 3.05) is 31.5 Å². The molecule has 2 N–H and O–H groups in total. The number of rotatable bonds is 7. The van der Waals surface area contributed by atoms with Crippen LogP contribution in [0.25, 0.3) is 0 Å². The molecule has 0 bridgehead atoms. The number of alkyl halides is 3. The van der Waals surface area contributed by atoms with Crippen LogP contribution in [0.5, 0.6) is 0 Å². The van der Waals surface area contributed by atoms with E-state index in [1.807, 2.05) is 12.1 Å². The van der Waals surface area contributed by atoms with Crippen molar-refractivity contribution >= 4 is 11.7 Å². The first-order valence-corrected chi connectivity index (χ1v) is 13.4. The van der Waals surface area contributed by atoms with Crippen molar-refractivity contribution in [3.05, 3.63) is 65.0 Å². The van der Waals surface area contributed by atoms with Gasteiger partial charge in [-0.05, 0) is 92.3 Å². The summed E-state index contributed by atoms with van der Waals surface area (Å²) in [7, 11) is 0. The smallest absolute Gasteiger partial charge is 0.392 e. The van der Waals surface area contributed by atoms with Gasteiger partial charge in [-0.3, -0.25) is 0 Å². The van der Waals surface area contributed by atoms with Gasteiger partial charge in [-0.15, -0.1) is 0 Å². The van der Waals surface area contributed by atoms with E-state index in [1.165, 1.54) is 0 Å². The number of hydrogen-bond donors (Lipinski definition) is 2. The van der Waals surface area contributed by atoms with Crippen LogP contribution in [-0.4, -0.2) is 59.3 Å². The predicted octanol–water partition coefficient (Wildman–Crippen LogP) is 5.52. The summed E-state index contributed by atoms with van der Waals surface area (Å²) in [6, 6.07) is 11.8. The molecule has 4 atom stereocenters. The number of aliphatic hydroxyl groups is 1. The van der Waals surface area contributed by atoms with Gasteiger partial charge in [0.15, 0.2) is 0 Å². The maximum absolute atomic E-state index is 13.8. The lowest BCUT2D eigenvalue weighted by atomic mass is 9.80. The van der Waals surface area contributed by atoms with Crippen molar-refractivity contribution in [2.24, 2.45) is 5.92 Å². The minimum atomic E-state index is -4.87. The van der Waals surface area contributed by atoms with Crippen molar-refractivity contribution < 1.29 is 27.5 Å². The molecule has 1 heterocycles. The zero-order chi connectivity index (χ0) is 27.8. The Labute approximate surface area is 225 Å². The van der Waals surface area contributed by atoms with Crippen LogP contribution in [0.3, 0.4) is 0 Å². The first-order chi connectivity index (χ1) is 18.6. The van der Waals surface area contributed by atoms with E-state index < -0.39 is 23.6 Å². The largest absolute Gasteiger partial charge is 0.419 e. The van der Waals surface area contributed by atoms with Gasteiger partial charge < -0.3 is 20.2 Å². The Bertz CT molecular complexity index is 1260. The molecule has 2 amide bonds. The second-order valence-corrected chi connectivity index (χ2v) is 11.1. The Balaban J connectivity index is 1.29. The fourth-order valence-corrected chi connectivity index (χ4v) is 6.49. The molecule has 2 aromatic carbocycles. The number of urea groups is 1. The molecule has 0 radical (unpaired) electrons. The van der Waals surface area contributed by atoms with Crippen LogP contribution in [0.4, 0.5) is 28.0 Å². The lowest BCUT2D eigenvalue weighted by Gasteiger charge is -2.37. The SMILES string of the molecule is N#Cc1cccc([C@]23CC[C@@H](N(CCCN4CC[C@@H](O)C4)C(=O)Nc4ccc(F)c(C(F)(F)F)c4)CC2C3)c1. The first-order valence-electron chi connectivity index (χ1n) is 13.4. The summed E-state index contributed by atoms with van der Waals surface area (Å²) in [5.74, 6) is -1.03. The fraction of sp³-hybridized carbons (Fsp3) is 0.517. The second-order valence-electron chi connectivity index (χ2n) is 11.1. The van der Waals surface area contributed by atoms with Gasteiger partial charge in [0.05, 0.1) is 23.3 Å². The summed E-state index contributed by atoms with van der Waals surface area (Å²) in [5.41, 5.74) is 0.265. The van der Waals surface area contributed by atoms with Crippen LogP contribution in [0.1, 0.15) is 55.2 Å². The Morgan fingerprint density at radius 1 is 1.23 bits per heavy atom. The van der Waals surface area contributed by atoms with E-state index in [2.05, 4.69) is 22.4 Å². The molecule has 5 rings (SSSR count). The van der Waals surface area contributed by atoms with Gasteiger partial charge in [-0.1, -0.05) is 12.1 Å². The number of anilines is 1. The third kappa shape index (κ3) is 5.89. The topological polar surface area (TPSA) is 79.6 Å². The molecule has 208 valence electrons. The number of nitrogens with one attached hydrogen (secondary N) is 1. The molecule has 3 fully saturated rings. The van der Waals surface area contributed by atoms with Crippen molar-refractivity contribution in [1.82, 2.24) is 9.80 Å². The number of β-amino-alcohol motifs (C(OH)–C–C–N with tert-alkyl or cyclic N) is 1. The van der Waals surface area contributed by atoms with Crippen LogP contribution >= 0.6 is 0 Å². The van der Waals surface area contributed by atoms with Crippen molar-refractivity contribution in [1.29, 1.82) is 5.26 Å². The lowest BCUT2D eigenvalue weighted by molar-refractivity contribution is -0.139. The molecule has 1 saturated heterocycles. The molecule has 2 aromatic rings. The molecule has 0 aromatic heterocycles. The second kappa shape index (κ2) is 10.8. The van der Waals surface area contributed by atoms with E-state index in [-0.39, 0.29) is 23.2 Å². The van der Waals surface area contributed by atoms with E-state index in [0.29, 0.717) is 43.6 Å². The van der Waals surface area contributed by atoms with Crippen molar-refractivity contribution in [3.8, 4) is 6.07 Å². The van der Waals surface area contributed by atoms with Gasteiger partial charge in [0.25, 0.3) is 0 Å². The highest BCUT2D eigenvalue weighted by atomic mass is 19.4. The van der Waals surface area contributed by atoms with E-state index >= 15 is 0 Å². The number of hydrogen-bond acceptors (Lipinski definition) is 4. The van der Waals surface area contributed by atoms with Crippen LogP contribution in [0, 0.1) is 23.1 Å². The maximum Gasteiger partial charge on any atom is 0.419 e. The molecule has 1 unspecified atom stereocenters. The Morgan fingerprint density at radius 2 is 2.05 bits per heavy atom. The Hall–Kier alpha value is -3.16. The normalized spacial score (nSPS) is 26.5. The highest BCUT2D eigenvalue weighted by Gasteiger charge is 2.58. The number of carbonyl (C=O) groups excluding carboxylic acids is 1. The molecular formula is C29H32F4N4O2. The summed E-state index contributed by atoms with van der Waals surface area (Å²) >= 11 is 0. The number of nitrogens with zero attached hydrogens (tertiary/aromatic N) is 3. The third-order valence-corrected chi connectivity index (χ3v) is 8.62. The number of nitriles is 1. The highest BCUT2D eigenvalue weighted by Crippen LogP contribution is 2.63. The van der Waals surface area contributed by atoms with E-state index in [0.717, 1.165) is 56.3 Å². The zero-order valence-electron chi connectivity index (χ0n) is 21.6. The minimum Gasteiger partial charge on any atom is -0.392 e. The van der Waals surface area contributed by atoms with Gasteiger partial charge in [0.2, 0.25) is 0 Å². The number of aliphatic hydroxyl groups excluding tert-OH is 1. The molecule has 2 saturated carbocycles. The molecule has 3 aliphatic rings. The van der Waals surface area contributed by atoms with Gasteiger partial charge in [-0.2, -0.15) is 18.4 Å². The average molecular weight is 545 g/mol. The lowest BCUT2D eigenvalue weighted by Crippen LogP contribution is -2.46. The zero-order valence-corrected chi connectivity index (χ0v) is 21.6. The van der Waals surface area contributed by atoms with Crippen LogP contribution in [0.2, 0.25) is 0 Å². The number of likely N-dealkylation sites (tertiary alicyclic amines) is 1.